The summed E-state index contributed by atoms with van der Waals surface area (Å²) in [6, 6.07) is 12.9. The molecule has 0 saturated carbocycles. The lowest BCUT2D eigenvalue weighted by atomic mass is 9.75. The van der Waals surface area contributed by atoms with Crippen molar-refractivity contribution in [2.24, 2.45) is 5.41 Å². The van der Waals surface area contributed by atoms with Gasteiger partial charge in [-0.2, -0.15) is 5.10 Å². The van der Waals surface area contributed by atoms with Gasteiger partial charge in [-0.05, 0) is 61.2 Å². The van der Waals surface area contributed by atoms with E-state index >= 15 is 0 Å². The van der Waals surface area contributed by atoms with Gasteiger partial charge in [0.2, 0.25) is 0 Å². The zero-order valence-electron chi connectivity index (χ0n) is 17.9. The van der Waals surface area contributed by atoms with Gasteiger partial charge in [-0.15, -0.1) is 0 Å². The quantitative estimate of drug-likeness (QED) is 0.601. The molecule has 7 heteroatoms. The number of nitrogens with zero attached hydrogens (tertiary/aromatic N) is 4. The normalized spacial score (nSPS) is 19.5. The molecule has 1 N–H and O–H groups in total. The maximum Gasteiger partial charge on any atom is 0.137 e. The molecule has 1 aromatic heterocycles. The molecular formula is C24H29FN4O2. The molecule has 1 fully saturated rings. The number of hydrogen-bond donors (Lipinski definition) is 1. The average molecular weight is 425 g/mol. The lowest BCUT2D eigenvalue weighted by Gasteiger charge is -2.42. The zero-order chi connectivity index (χ0) is 21.7. The van der Waals surface area contributed by atoms with E-state index in [1.165, 1.54) is 24.0 Å². The molecule has 6 nitrogen and oxygen atoms in total. The second kappa shape index (κ2) is 9.58. The van der Waals surface area contributed by atoms with Gasteiger partial charge in [-0.1, -0.05) is 18.2 Å². The molecule has 4 rings (SSSR count). The number of aliphatic hydroxyl groups is 1. The van der Waals surface area contributed by atoms with Crippen LogP contribution >= 0.6 is 0 Å². The highest BCUT2D eigenvalue weighted by atomic mass is 19.1. The van der Waals surface area contributed by atoms with E-state index < -0.39 is 0 Å². The third-order valence-electron chi connectivity index (χ3n) is 6.12. The minimum Gasteiger partial charge on any atom is -0.496 e. The van der Waals surface area contributed by atoms with E-state index in [1.54, 1.807) is 18.1 Å². The Morgan fingerprint density at radius 2 is 1.94 bits per heavy atom. The molecule has 2 aromatic carbocycles. The second-order valence-electron chi connectivity index (χ2n) is 8.51. The molecule has 2 heterocycles. The van der Waals surface area contributed by atoms with E-state index in [2.05, 4.69) is 27.1 Å². The molecule has 1 saturated heterocycles. The Balaban J connectivity index is 1.47. The summed E-state index contributed by atoms with van der Waals surface area (Å²) in [5.74, 6) is 0.604. The van der Waals surface area contributed by atoms with Gasteiger partial charge in [0.15, 0.2) is 0 Å². The standard InChI is InChI=1S/C24H29FN4O2/c1-31-23-8-5-20(11-21(23)14-29-18-26-17-27-29)13-28-10-2-9-24(15-28,16-30)12-19-3-6-22(25)7-4-19/h3-8,11,17-18,30H,2,9-10,12-16H2,1H3/t24-/m0/s1. The maximum absolute atomic E-state index is 13.3. The Bertz CT molecular complexity index is 978. The fourth-order valence-electron chi connectivity index (χ4n) is 4.61. The Morgan fingerprint density at radius 3 is 2.65 bits per heavy atom. The summed E-state index contributed by atoms with van der Waals surface area (Å²) in [4.78, 5) is 6.42. The monoisotopic (exact) mass is 424 g/mol. The lowest BCUT2D eigenvalue weighted by molar-refractivity contribution is 0.0288. The molecule has 0 aliphatic carbocycles. The van der Waals surface area contributed by atoms with Crippen LogP contribution in [0.5, 0.6) is 5.75 Å². The molecule has 0 unspecified atom stereocenters. The van der Waals surface area contributed by atoms with Gasteiger partial charge in [0.1, 0.15) is 24.2 Å². The molecule has 1 atom stereocenters. The van der Waals surface area contributed by atoms with E-state index in [0.717, 1.165) is 55.8 Å². The summed E-state index contributed by atoms with van der Waals surface area (Å²) in [7, 11) is 1.68. The van der Waals surface area contributed by atoms with E-state index in [1.807, 2.05) is 18.2 Å². The van der Waals surface area contributed by atoms with Crippen LogP contribution < -0.4 is 4.74 Å². The number of rotatable bonds is 8. The van der Waals surface area contributed by atoms with Gasteiger partial charge in [0.05, 0.1) is 20.3 Å². The number of aliphatic hydroxyl groups excluding tert-OH is 1. The number of ether oxygens (including phenoxy) is 1. The summed E-state index contributed by atoms with van der Waals surface area (Å²) in [6.07, 6.45) is 5.98. The Kier molecular flexibility index (Phi) is 6.63. The van der Waals surface area contributed by atoms with E-state index in [0.29, 0.717) is 6.54 Å². The first-order valence-electron chi connectivity index (χ1n) is 10.6. The molecule has 164 valence electrons. The van der Waals surface area contributed by atoms with Crippen LogP contribution in [0.2, 0.25) is 0 Å². The number of piperidine rings is 1. The van der Waals surface area contributed by atoms with Crippen LogP contribution in [-0.2, 0) is 19.5 Å². The fraction of sp³-hybridized carbons (Fsp3) is 0.417. The van der Waals surface area contributed by atoms with Gasteiger partial charge >= 0.3 is 0 Å². The van der Waals surface area contributed by atoms with Crippen molar-refractivity contribution in [1.82, 2.24) is 19.7 Å². The number of benzene rings is 2. The van der Waals surface area contributed by atoms with Crippen molar-refractivity contribution in [3.63, 3.8) is 0 Å². The van der Waals surface area contributed by atoms with Crippen LogP contribution in [0.15, 0.2) is 55.1 Å². The van der Waals surface area contributed by atoms with Crippen LogP contribution in [0, 0.1) is 11.2 Å². The van der Waals surface area contributed by atoms with Gasteiger partial charge in [0.25, 0.3) is 0 Å². The van der Waals surface area contributed by atoms with Crippen molar-refractivity contribution < 1.29 is 14.2 Å². The SMILES string of the molecule is COc1ccc(CN2CCC[C@](CO)(Cc3ccc(F)cc3)C2)cc1Cn1cncn1. The Labute approximate surface area is 182 Å². The Hall–Kier alpha value is -2.77. The molecule has 3 aromatic rings. The van der Waals surface area contributed by atoms with E-state index in [-0.39, 0.29) is 17.8 Å². The second-order valence-corrected chi connectivity index (χ2v) is 8.51. The van der Waals surface area contributed by atoms with Crippen LogP contribution in [0.25, 0.3) is 0 Å². The number of aromatic nitrogens is 3. The van der Waals surface area contributed by atoms with Crippen LogP contribution in [0.3, 0.4) is 0 Å². The smallest absolute Gasteiger partial charge is 0.137 e. The number of likely N-dealkylation sites (tertiary alicyclic amines) is 1. The van der Waals surface area contributed by atoms with Crippen molar-refractivity contribution in [3.05, 3.63) is 77.6 Å². The predicted molar refractivity (Wildman–Crippen MR) is 116 cm³/mol. The average Bonchev–Trinajstić information content (AvgIpc) is 3.29. The molecule has 1 aliphatic rings. The molecule has 0 bridgehead atoms. The maximum atomic E-state index is 13.3. The third kappa shape index (κ3) is 5.29. The molecule has 0 amide bonds. The molecule has 0 radical (unpaired) electrons. The number of halogens is 1. The van der Waals surface area contributed by atoms with E-state index in [9.17, 15) is 9.50 Å². The number of methoxy groups -OCH3 is 1. The van der Waals surface area contributed by atoms with Gasteiger partial charge in [0, 0.05) is 24.1 Å². The summed E-state index contributed by atoms with van der Waals surface area (Å²) in [5.41, 5.74) is 3.12. The van der Waals surface area contributed by atoms with E-state index in [4.69, 9.17) is 4.74 Å². The van der Waals surface area contributed by atoms with Crippen LogP contribution in [0.4, 0.5) is 4.39 Å². The van der Waals surface area contributed by atoms with Crippen molar-refractivity contribution in [2.45, 2.75) is 32.4 Å². The first kappa shape index (κ1) is 21.5. The van der Waals surface area contributed by atoms with Crippen molar-refractivity contribution >= 4 is 0 Å². The highest BCUT2D eigenvalue weighted by Crippen LogP contribution is 2.34. The fourth-order valence-corrected chi connectivity index (χ4v) is 4.61. The van der Waals surface area contributed by atoms with Gasteiger partial charge in [-0.3, -0.25) is 4.90 Å². The molecule has 31 heavy (non-hydrogen) atoms. The summed E-state index contributed by atoms with van der Waals surface area (Å²) in [5, 5.41) is 14.5. The Morgan fingerprint density at radius 1 is 1.13 bits per heavy atom. The first-order chi connectivity index (χ1) is 15.1. The third-order valence-corrected chi connectivity index (χ3v) is 6.12. The van der Waals surface area contributed by atoms with Crippen molar-refractivity contribution in [2.75, 3.05) is 26.8 Å². The van der Waals surface area contributed by atoms with Crippen molar-refractivity contribution in [1.29, 1.82) is 0 Å². The minimum absolute atomic E-state index is 0.126. The predicted octanol–water partition coefficient (Wildman–Crippen LogP) is 3.29. The highest BCUT2D eigenvalue weighted by molar-refractivity contribution is 5.37. The first-order valence-corrected chi connectivity index (χ1v) is 10.6. The van der Waals surface area contributed by atoms with Crippen LogP contribution in [0.1, 0.15) is 29.5 Å². The summed E-state index contributed by atoms with van der Waals surface area (Å²) >= 11 is 0. The largest absolute Gasteiger partial charge is 0.496 e. The van der Waals surface area contributed by atoms with Crippen molar-refractivity contribution in [3.8, 4) is 5.75 Å². The highest BCUT2D eigenvalue weighted by Gasteiger charge is 2.35. The molecular weight excluding hydrogens is 395 g/mol. The van der Waals surface area contributed by atoms with Gasteiger partial charge in [-0.25, -0.2) is 14.1 Å². The summed E-state index contributed by atoms with van der Waals surface area (Å²) < 4.78 is 20.6. The number of hydrogen-bond acceptors (Lipinski definition) is 5. The minimum atomic E-state index is -0.228. The molecule has 1 aliphatic heterocycles. The zero-order valence-corrected chi connectivity index (χ0v) is 17.9. The summed E-state index contributed by atoms with van der Waals surface area (Å²) in [6.45, 7) is 3.34. The lowest BCUT2D eigenvalue weighted by Crippen LogP contribution is -2.46. The van der Waals surface area contributed by atoms with Gasteiger partial charge < -0.3 is 9.84 Å². The van der Waals surface area contributed by atoms with Crippen LogP contribution in [-0.4, -0.2) is 51.6 Å². The topological polar surface area (TPSA) is 63.4 Å². The molecule has 0 spiro atoms.